The molecule has 1 aromatic heterocycles. The summed E-state index contributed by atoms with van der Waals surface area (Å²) >= 11 is 0. The lowest BCUT2D eigenvalue weighted by molar-refractivity contribution is -0.102. The van der Waals surface area contributed by atoms with E-state index < -0.39 is 6.67 Å². The van der Waals surface area contributed by atoms with Gasteiger partial charge >= 0.3 is 5.69 Å². The van der Waals surface area contributed by atoms with Crippen LogP contribution >= 0.6 is 0 Å². The molecule has 1 aromatic carbocycles. The van der Waals surface area contributed by atoms with Gasteiger partial charge in [-0.25, -0.2) is 9.18 Å². The van der Waals surface area contributed by atoms with Gasteiger partial charge in [0.1, 0.15) is 31.7 Å². The summed E-state index contributed by atoms with van der Waals surface area (Å²) in [7, 11) is 0. The van der Waals surface area contributed by atoms with Crippen molar-refractivity contribution in [2.75, 3.05) is 39.7 Å². The molecule has 27 heavy (non-hydrogen) atoms. The van der Waals surface area contributed by atoms with Crippen LogP contribution in [0.5, 0.6) is 11.6 Å². The third kappa shape index (κ3) is 3.96. The number of aryl methyl sites for hydroxylation is 1. The lowest BCUT2D eigenvalue weighted by atomic mass is 9.97. The molecule has 0 aliphatic carbocycles. The van der Waals surface area contributed by atoms with E-state index in [2.05, 4.69) is 4.98 Å². The van der Waals surface area contributed by atoms with Crippen molar-refractivity contribution in [3.8, 4) is 22.9 Å². The van der Waals surface area contributed by atoms with Crippen molar-refractivity contribution in [3.63, 3.8) is 0 Å². The van der Waals surface area contributed by atoms with Gasteiger partial charge in [0.05, 0.1) is 25.5 Å². The molecule has 2 aromatic rings. The Morgan fingerprint density at radius 2 is 2.19 bits per heavy atom. The Balaban J connectivity index is 1.57. The highest BCUT2D eigenvalue weighted by atomic mass is 19.1. The molecule has 0 N–H and O–H groups in total. The zero-order valence-corrected chi connectivity index (χ0v) is 14.9. The average Bonchev–Trinajstić information content (AvgIpc) is 2.71. The van der Waals surface area contributed by atoms with Crippen molar-refractivity contribution in [2.45, 2.75) is 19.1 Å². The normalized spacial score (nSPS) is 18.5. The largest absolute Gasteiger partial charge is 0.491 e. The summed E-state index contributed by atoms with van der Waals surface area (Å²) in [5, 5.41) is 0. The van der Waals surface area contributed by atoms with E-state index in [-0.39, 0.29) is 30.9 Å². The summed E-state index contributed by atoms with van der Waals surface area (Å²) in [5.41, 5.74) is 2.39. The van der Waals surface area contributed by atoms with E-state index in [9.17, 15) is 9.18 Å². The number of benzene rings is 1. The second-order valence-corrected chi connectivity index (χ2v) is 6.40. The fraction of sp³-hybridized carbons (Fsp3) is 0.474. The van der Waals surface area contributed by atoms with Crippen LogP contribution in [0.2, 0.25) is 0 Å². The van der Waals surface area contributed by atoms with Gasteiger partial charge in [-0.15, -0.1) is 0 Å². The van der Waals surface area contributed by atoms with Crippen molar-refractivity contribution in [1.82, 2.24) is 9.55 Å². The molecular formula is C19H21FN2O5. The fourth-order valence-electron chi connectivity index (χ4n) is 3.31. The summed E-state index contributed by atoms with van der Waals surface area (Å²) in [6.07, 6.45) is 0.520. The molecule has 1 saturated heterocycles. The molecule has 3 heterocycles. The zero-order chi connectivity index (χ0) is 18.6. The maximum Gasteiger partial charge on any atom is 0.351 e. The first kappa shape index (κ1) is 17.9. The lowest BCUT2D eigenvalue weighted by Crippen LogP contribution is -2.34. The van der Waals surface area contributed by atoms with Gasteiger partial charge in [-0.2, -0.15) is 4.98 Å². The summed E-state index contributed by atoms with van der Waals surface area (Å²) < 4.78 is 35.9. The number of hydrogen-bond donors (Lipinski definition) is 0. The smallest absolute Gasteiger partial charge is 0.351 e. The van der Waals surface area contributed by atoms with Crippen LogP contribution in [0.1, 0.15) is 5.56 Å². The Kier molecular flexibility index (Phi) is 5.35. The van der Waals surface area contributed by atoms with Gasteiger partial charge in [0, 0.05) is 18.2 Å². The van der Waals surface area contributed by atoms with Gasteiger partial charge in [0.15, 0.2) is 0 Å². The Morgan fingerprint density at radius 3 is 3.00 bits per heavy atom. The maximum absolute atomic E-state index is 12.4. The monoisotopic (exact) mass is 376 g/mol. The Bertz CT molecular complexity index is 864. The molecule has 0 radical (unpaired) electrons. The fourth-order valence-corrected chi connectivity index (χ4v) is 3.31. The molecule has 7 nitrogen and oxygen atoms in total. The number of halogens is 1. The number of alkyl halides is 1. The minimum absolute atomic E-state index is 0.0314. The Hall–Kier alpha value is -2.45. The van der Waals surface area contributed by atoms with E-state index in [1.54, 1.807) is 16.7 Å². The van der Waals surface area contributed by atoms with Crippen LogP contribution in [0.3, 0.4) is 0 Å². The van der Waals surface area contributed by atoms with E-state index in [1.165, 1.54) is 0 Å². The van der Waals surface area contributed by atoms with Crippen molar-refractivity contribution >= 4 is 0 Å². The van der Waals surface area contributed by atoms with Gasteiger partial charge in [-0.1, -0.05) is 0 Å². The standard InChI is InChI=1S/C19H21FN2O5/c20-4-6-25-14-1-2-16-13(9-14)3-5-22-17(16)10-18(21-19(22)23)27-12-15-11-24-7-8-26-15/h1-2,9-10,15H,3-8,11-12H2/t15-/m0/s1. The van der Waals surface area contributed by atoms with Crippen LogP contribution in [0.4, 0.5) is 4.39 Å². The van der Waals surface area contributed by atoms with Crippen LogP contribution in [-0.4, -0.2) is 55.4 Å². The van der Waals surface area contributed by atoms with Crippen molar-refractivity contribution in [1.29, 1.82) is 0 Å². The molecule has 4 rings (SSSR count). The lowest BCUT2D eigenvalue weighted by Gasteiger charge is -2.24. The van der Waals surface area contributed by atoms with E-state index in [0.29, 0.717) is 38.5 Å². The third-order valence-electron chi connectivity index (χ3n) is 4.59. The number of nitrogens with zero attached hydrogens (tertiary/aromatic N) is 2. The summed E-state index contributed by atoms with van der Waals surface area (Å²) in [5.74, 6) is 0.896. The van der Waals surface area contributed by atoms with E-state index in [4.69, 9.17) is 18.9 Å². The van der Waals surface area contributed by atoms with Gasteiger partial charge in [0.2, 0.25) is 5.88 Å². The van der Waals surface area contributed by atoms with Crippen LogP contribution in [0.15, 0.2) is 29.1 Å². The van der Waals surface area contributed by atoms with Crippen molar-refractivity contribution in [3.05, 3.63) is 40.3 Å². The van der Waals surface area contributed by atoms with Gasteiger partial charge in [0.25, 0.3) is 0 Å². The predicted molar refractivity (Wildman–Crippen MR) is 95.2 cm³/mol. The molecule has 2 aliphatic rings. The van der Waals surface area contributed by atoms with Crippen LogP contribution in [-0.2, 0) is 22.4 Å². The first-order valence-electron chi connectivity index (χ1n) is 9.00. The highest BCUT2D eigenvalue weighted by Gasteiger charge is 2.21. The number of rotatable bonds is 6. The molecule has 0 unspecified atom stereocenters. The highest BCUT2D eigenvalue weighted by Crippen LogP contribution is 2.32. The van der Waals surface area contributed by atoms with E-state index >= 15 is 0 Å². The molecule has 0 bridgehead atoms. The molecule has 2 aliphatic heterocycles. The molecule has 0 amide bonds. The average molecular weight is 376 g/mol. The summed E-state index contributed by atoms with van der Waals surface area (Å²) in [6, 6.07) is 7.33. The molecule has 144 valence electrons. The van der Waals surface area contributed by atoms with Crippen molar-refractivity contribution < 1.29 is 23.3 Å². The second-order valence-electron chi connectivity index (χ2n) is 6.40. The van der Waals surface area contributed by atoms with Gasteiger partial charge in [-0.3, -0.25) is 4.57 Å². The van der Waals surface area contributed by atoms with Crippen LogP contribution in [0, 0.1) is 0 Å². The Labute approximate surface area is 155 Å². The van der Waals surface area contributed by atoms with E-state index in [0.717, 1.165) is 16.8 Å². The second kappa shape index (κ2) is 8.06. The minimum atomic E-state index is -0.530. The van der Waals surface area contributed by atoms with E-state index in [1.807, 2.05) is 12.1 Å². The van der Waals surface area contributed by atoms with Gasteiger partial charge in [-0.05, 0) is 30.2 Å². The van der Waals surface area contributed by atoms with Gasteiger partial charge < -0.3 is 18.9 Å². The molecule has 8 heteroatoms. The topological polar surface area (TPSA) is 71.8 Å². The first-order valence-corrected chi connectivity index (χ1v) is 9.00. The van der Waals surface area contributed by atoms with Crippen LogP contribution in [0.25, 0.3) is 11.3 Å². The molecular weight excluding hydrogens is 355 g/mol. The summed E-state index contributed by atoms with van der Waals surface area (Å²) in [6.45, 7) is 1.89. The first-order chi connectivity index (χ1) is 13.2. The molecule has 0 spiro atoms. The number of hydrogen-bond acceptors (Lipinski definition) is 6. The predicted octanol–water partition coefficient (Wildman–Crippen LogP) is 1.61. The van der Waals surface area contributed by atoms with Crippen molar-refractivity contribution in [2.24, 2.45) is 0 Å². The quantitative estimate of drug-likeness (QED) is 0.763. The third-order valence-corrected chi connectivity index (χ3v) is 4.59. The number of ether oxygens (including phenoxy) is 4. The highest BCUT2D eigenvalue weighted by molar-refractivity contribution is 5.67. The zero-order valence-electron chi connectivity index (χ0n) is 14.9. The SMILES string of the molecule is O=c1nc(OC[C@@H]2COCCO2)cc2n1CCc1cc(OCCF)ccc1-2. The maximum atomic E-state index is 12.4. The minimum Gasteiger partial charge on any atom is -0.491 e. The summed E-state index contributed by atoms with van der Waals surface area (Å²) in [4.78, 5) is 16.4. The Morgan fingerprint density at radius 1 is 1.26 bits per heavy atom. The number of aromatic nitrogens is 2. The number of fused-ring (bicyclic) bond motifs is 3. The van der Waals surface area contributed by atoms with Crippen LogP contribution < -0.4 is 15.2 Å². The molecule has 0 saturated carbocycles. The molecule has 1 fully saturated rings. The molecule has 1 atom stereocenters.